The molecule has 0 radical (unpaired) electrons. The van der Waals surface area contributed by atoms with Gasteiger partial charge in [-0.2, -0.15) is 0 Å². The first-order valence-corrected chi connectivity index (χ1v) is 17.1. The van der Waals surface area contributed by atoms with Crippen LogP contribution in [0.3, 0.4) is 0 Å². The highest BCUT2D eigenvalue weighted by Crippen LogP contribution is 2.61. The molecule has 220 valence electrons. The number of hydrogen-bond acceptors (Lipinski definition) is 2. The molecule has 1 saturated carbocycles. The largest absolute Gasteiger partial charge is 0.310 e. The minimum Gasteiger partial charge on any atom is -0.310 e. The third-order valence-corrected chi connectivity index (χ3v) is 11.9. The van der Waals surface area contributed by atoms with Crippen LogP contribution in [-0.2, 0) is 5.41 Å². The summed E-state index contributed by atoms with van der Waals surface area (Å²) in [5.74, 6) is 0.559. The molecule has 4 bridgehead atoms. The SMILES string of the molecule is c1ccc2c(c1)C1c3ccccc3N2c2ccc(C3(c4ccc5c(c4)N4c6ccccc6C5c5ccccc54)CCCCC3)cc21. The van der Waals surface area contributed by atoms with E-state index in [-0.39, 0.29) is 17.3 Å². The molecule has 0 atom stereocenters. The molecular formula is C44H34N2. The number of nitrogens with zero attached hydrogens (tertiary/aromatic N) is 2. The zero-order chi connectivity index (χ0) is 30.0. The summed E-state index contributed by atoms with van der Waals surface area (Å²) < 4.78 is 0. The Kier molecular flexibility index (Phi) is 4.93. The summed E-state index contributed by atoms with van der Waals surface area (Å²) in [4.78, 5) is 5.06. The van der Waals surface area contributed by atoms with E-state index in [0.717, 1.165) is 0 Å². The third-order valence-electron chi connectivity index (χ3n) is 11.9. The number of para-hydroxylation sites is 4. The lowest BCUT2D eigenvalue weighted by Crippen LogP contribution is -2.34. The highest BCUT2D eigenvalue weighted by Gasteiger charge is 2.44. The average Bonchev–Trinajstić information content (AvgIpc) is 3.14. The fourth-order valence-corrected chi connectivity index (χ4v) is 9.99. The maximum Gasteiger partial charge on any atom is 0.0506 e. The lowest BCUT2D eigenvalue weighted by Gasteiger charge is -2.47. The lowest BCUT2D eigenvalue weighted by atomic mass is 9.63. The van der Waals surface area contributed by atoms with Crippen molar-refractivity contribution in [1.82, 2.24) is 0 Å². The van der Waals surface area contributed by atoms with Gasteiger partial charge in [0, 0.05) is 17.3 Å². The molecule has 2 heteroatoms. The summed E-state index contributed by atoms with van der Waals surface area (Å²) in [7, 11) is 0. The number of hydrogen-bond donors (Lipinski definition) is 0. The molecule has 2 nitrogen and oxygen atoms in total. The number of rotatable bonds is 2. The molecule has 6 heterocycles. The molecule has 0 aromatic heterocycles. The fraction of sp³-hybridized carbons (Fsp3) is 0.182. The van der Waals surface area contributed by atoms with E-state index in [1.165, 1.54) is 111 Å². The van der Waals surface area contributed by atoms with Crippen LogP contribution >= 0.6 is 0 Å². The molecule has 13 rings (SSSR count). The smallest absolute Gasteiger partial charge is 0.0506 e. The molecule has 1 aliphatic carbocycles. The second kappa shape index (κ2) is 9.01. The Morgan fingerprint density at radius 1 is 0.370 bits per heavy atom. The van der Waals surface area contributed by atoms with Crippen LogP contribution < -0.4 is 9.80 Å². The van der Waals surface area contributed by atoms with Crippen molar-refractivity contribution in [3.8, 4) is 0 Å². The van der Waals surface area contributed by atoms with Gasteiger partial charge in [-0.05, 0) is 93.7 Å². The molecule has 1 fully saturated rings. The molecule has 0 amide bonds. The predicted molar refractivity (Wildman–Crippen MR) is 188 cm³/mol. The quantitative estimate of drug-likeness (QED) is 0.198. The van der Waals surface area contributed by atoms with Gasteiger partial charge in [0.15, 0.2) is 0 Å². The zero-order valence-corrected chi connectivity index (χ0v) is 25.8. The fourth-order valence-electron chi connectivity index (χ4n) is 9.99. The summed E-state index contributed by atoms with van der Waals surface area (Å²) in [5.41, 5.74) is 19.6. The monoisotopic (exact) mass is 590 g/mol. The average molecular weight is 591 g/mol. The van der Waals surface area contributed by atoms with Crippen molar-refractivity contribution in [2.24, 2.45) is 0 Å². The van der Waals surface area contributed by atoms with Crippen LogP contribution in [0.2, 0.25) is 0 Å². The maximum absolute atomic E-state index is 2.61. The van der Waals surface area contributed by atoms with Crippen molar-refractivity contribution >= 4 is 34.1 Å². The summed E-state index contributed by atoms with van der Waals surface area (Å²) in [6.07, 6.45) is 6.26. The van der Waals surface area contributed by atoms with Crippen molar-refractivity contribution in [3.05, 3.63) is 178 Å². The van der Waals surface area contributed by atoms with Crippen LogP contribution in [0.1, 0.15) is 88.4 Å². The summed E-state index contributed by atoms with van der Waals surface area (Å²) in [6, 6.07) is 51.2. The van der Waals surface area contributed by atoms with Crippen LogP contribution in [0.15, 0.2) is 133 Å². The van der Waals surface area contributed by atoms with E-state index >= 15 is 0 Å². The van der Waals surface area contributed by atoms with Gasteiger partial charge in [0.05, 0.1) is 34.1 Å². The minimum atomic E-state index is 0.00418. The van der Waals surface area contributed by atoms with E-state index in [4.69, 9.17) is 0 Å². The molecule has 0 unspecified atom stereocenters. The first-order chi connectivity index (χ1) is 22.8. The van der Waals surface area contributed by atoms with Crippen molar-refractivity contribution in [1.29, 1.82) is 0 Å². The van der Waals surface area contributed by atoms with Crippen molar-refractivity contribution in [3.63, 3.8) is 0 Å². The standard InChI is InChI=1S/C44H34N2/c1-10-24-44(25-11-1,28-21-23-40-35(26-28)43-32-14-4-6-16-36(32)45(40)37-17-7-5-15-33(37)43)29-20-22-34-41(27-29)46-38-18-8-2-12-30(38)42(34)31-13-3-9-19-39(31)46/h2-9,12-23,26-27,42-43H,1,10-11,24-25H2. The molecule has 46 heavy (non-hydrogen) atoms. The van der Waals surface area contributed by atoms with Gasteiger partial charge in [-0.15, -0.1) is 0 Å². The van der Waals surface area contributed by atoms with Gasteiger partial charge in [-0.1, -0.05) is 116 Å². The zero-order valence-electron chi connectivity index (χ0n) is 25.8. The van der Waals surface area contributed by atoms with Gasteiger partial charge in [0.2, 0.25) is 0 Å². The molecule has 0 N–H and O–H groups in total. The van der Waals surface area contributed by atoms with E-state index < -0.39 is 0 Å². The first-order valence-electron chi connectivity index (χ1n) is 17.1. The van der Waals surface area contributed by atoms with E-state index in [1.807, 2.05) is 0 Å². The Morgan fingerprint density at radius 2 is 0.783 bits per heavy atom. The van der Waals surface area contributed by atoms with Crippen LogP contribution in [0.5, 0.6) is 0 Å². The van der Waals surface area contributed by atoms with Gasteiger partial charge in [0.1, 0.15) is 0 Å². The van der Waals surface area contributed by atoms with Gasteiger partial charge >= 0.3 is 0 Å². The maximum atomic E-state index is 2.61. The van der Waals surface area contributed by atoms with Crippen molar-refractivity contribution in [2.75, 3.05) is 9.80 Å². The van der Waals surface area contributed by atoms with Crippen LogP contribution in [0, 0.1) is 0 Å². The van der Waals surface area contributed by atoms with Crippen molar-refractivity contribution in [2.45, 2.75) is 49.4 Å². The predicted octanol–water partition coefficient (Wildman–Crippen LogP) is 11.5. The highest BCUT2D eigenvalue weighted by atomic mass is 15.2. The second-order valence-electron chi connectivity index (χ2n) is 14.0. The van der Waals surface area contributed by atoms with E-state index in [9.17, 15) is 0 Å². The second-order valence-corrected chi connectivity index (χ2v) is 14.0. The first kappa shape index (κ1) is 25.2. The lowest BCUT2D eigenvalue weighted by molar-refractivity contribution is 0.345. The summed E-state index contributed by atoms with van der Waals surface area (Å²) in [6.45, 7) is 0. The van der Waals surface area contributed by atoms with E-state index in [0.29, 0.717) is 0 Å². The Bertz CT molecular complexity index is 1990. The third kappa shape index (κ3) is 3.07. The Labute approximate surface area is 270 Å². The van der Waals surface area contributed by atoms with E-state index in [1.54, 1.807) is 0 Å². The van der Waals surface area contributed by atoms with Gasteiger partial charge in [-0.25, -0.2) is 0 Å². The molecular weight excluding hydrogens is 556 g/mol. The molecule has 6 aromatic carbocycles. The molecule has 0 saturated heterocycles. The molecule has 0 spiro atoms. The highest BCUT2D eigenvalue weighted by molar-refractivity contribution is 5.94. The Balaban J connectivity index is 1.09. The van der Waals surface area contributed by atoms with Crippen LogP contribution in [0.25, 0.3) is 0 Å². The van der Waals surface area contributed by atoms with Crippen molar-refractivity contribution < 1.29 is 0 Å². The normalized spacial score (nSPS) is 17.9. The van der Waals surface area contributed by atoms with Gasteiger partial charge in [-0.3, -0.25) is 0 Å². The Hall–Kier alpha value is -5.08. The Morgan fingerprint density at radius 3 is 1.35 bits per heavy atom. The molecule has 7 aliphatic rings. The van der Waals surface area contributed by atoms with Gasteiger partial charge < -0.3 is 9.80 Å². The summed E-state index contributed by atoms with van der Waals surface area (Å²) in [5, 5.41) is 0. The number of anilines is 6. The van der Waals surface area contributed by atoms with E-state index in [2.05, 4.69) is 143 Å². The van der Waals surface area contributed by atoms with Crippen LogP contribution in [-0.4, -0.2) is 0 Å². The topological polar surface area (TPSA) is 6.48 Å². The van der Waals surface area contributed by atoms with Gasteiger partial charge in [0.25, 0.3) is 0 Å². The molecule has 6 aromatic rings. The van der Waals surface area contributed by atoms with Crippen LogP contribution in [0.4, 0.5) is 34.1 Å². The number of benzene rings is 6. The minimum absolute atomic E-state index is 0.00418. The molecule has 6 aliphatic heterocycles. The summed E-state index contributed by atoms with van der Waals surface area (Å²) >= 11 is 0.